The second-order valence-electron chi connectivity index (χ2n) is 3.87. The van der Waals surface area contributed by atoms with Crippen molar-refractivity contribution in [3.8, 4) is 0 Å². The minimum absolute atomic E-state index is 0.000130. The van der Waals surface area contributed by atoms with Crippen LogP contribution in [0.25, 0.3) is 0 Å². The van der Waals surface area contributed by atoms with Gasteiger partial charge in [-0.2, -0.15) is 5.10 Å². The van der Waals surface area contributed by atoms with Crippen molar-refractivity contribution in [3.63, 3.8) is 0 Å². The zero-order valence-corrected chi connectivity index (χ0v) is 9.79. The molecule has 1 rings (SSSR count). The summed E-state index contributed by atoms with van der Waals surface area (Å²) in [6, 6.07) is 0. The summed E-state index contributed by atoms with van der Waals surface area (Å²) >= 11 is 5.36. The number of rotatable bonds is 5. The van der Waals surface area contributed by atoms with Crippen LogP contribution in [-0.4, -0.2) is 21.6 Å². The van der Waals surface area contributed by atoms with E-state index in [0.29, 0.717) is 12.5 Å². The van der Waals surface area contributed by atoms with Crippen LogP contribution < -0.4 is 5.32 Å². The number of carbonyl (C=O) groups is 1. The third-order valence-electron chi connectivity index (χ3n) is 1.85. The lowest BCUT2D eigenvalue weighted by atomic mass is 10.2. The van der Waals surface area contributed by atoms with E-state index in [2.05, 4.69) is 24.3 Å². The fraction of sp³-hybridized carbons (Fsp3) is 0.600. The Morgan fingerprint density at radius 1 is 1.67 bits per heavy atom. The maximum absolute atomic E-state index is 10.9. The van der Waals surface area contributed by atoms with Gasteiger partial charge >= 0.3 is 0 Å². The second kappa shape index (κ2) is 5.75. The Morgan fingerprint density at radius 2 is 2.40 bits per heavy atom. The number of amides is 1. The van der Waals surface area contributed by atoms with E-state index >= 15 is 0 Å². The lowest BCUT2D eigenvalue weighted by Gasteiger charge is -2.03. The monoisotopic (exact) mass is 229 g/mol. The van der Waals surface area contributed by atoms with Gasteiger partial charge in [0.25, 0.3) is 0 Å². The van der Waals surface area contributed by atoms with Crippen LogP contribution in [0, 0.1) is 5.92 Å². The molecule has 0 aliphatic rings. The first-order valence-electron chi connectivity index (χ1n) is 4.95. The molecule has 15 heavy (non-hydrogen) atoms. The van der Waals surface area contributed by atoms with E-state index in [9.17, 15) is 4.79 Å². The van der Waals surface area contributed by atoms with Gasteiger partial charge in [-0.1, -0.05) is 13.8 Å². The highest BCUT2D eigenvalue weighted by Gasteiger charge is 2.02. The van der Waals surface area contributed by atoms with Crippen LogP contribution in [0.15, 0.2) is 12.4 Å². The molecule has 0 saturated carbocycles. The molecule has 0 spiro atoms. The minimum atomic E-state index is -0.159. The van der Waals surface area contributed by atoms with Crippen molar-refractivity contribution in [1.82, 2.24) is 15.1 Å². The summed E-state index contributed by atoms with van der Waals surface area (Å²) in [4.78, 5) is 10.9. The van der Waals surface area contributed by atoms with Gasteiger partial charge < -0.3 is 5.32 Å². The maximum Gasteiger partial charge on any atom is 0.235 e. The molecule has 1 N–H and O–H groups in total. The molecule has 1 heterocycles. The van der Waals surface area contributed by atoms with Gasteiger partial charge in [0, 0.05) is 24.8 Å². The van der Waals surface area contributed by atoms with Crippen LogP contribution in [-0.2, 0) is 17.9 Å². The van der Waals surface area contributed by atoms with Gasteiger partial charge in [-0.3, -0.25) is 9.48 Å². The molecule has 0 atom stereocenters. The van der Waals surface area contributed by atoms with Crippen LogP contribution in [0.1, 0.15) is 19.4 Å². The van der Waals surface area contributed by atoms with E-state index in [-0.39, 0.29) is 11.8 Å². The quantitative estimate of drug-likeness (QED) is 0.776. The van der Waals surface area contributed by atoms with E-state index in [1.807, 2.05) is 10.9 Å². The van der Waals surface area contributed by atoms with Crippen LogP contribution in [0.2, 0.25) is 0 Å². The molecule has 0 unspecified atom stereocenters. The Kier molecular flexibility index (Phi) is 4.62. The Bertz CT molecular complexity index is 322. The van der Waals surface area contributed by atoms with Gasteiger partial charge in [-0.25, -0.2) is 0 Å². The largest absolute Gasteiger partial charge is 0.351 e. The fourth-order valence-corrected chi connectivity index (χ4v) is 1.31. The molecule has 1 aromatic rings. The molecule has 0 bridgehead atoms. The third kappa shape index (κ3) is 4.34. The fourth-order valence-electron chi connectivity index (χ4n) is 1.22. The van der Waals surface area contributed by atoms with Gasteiger partial charge in [0.2, 0.25) is 5.91 Å². The van der Waals surface area contributed by atoms with Crippen LogP contribution >= 0.6 is 11.6 Å². The van der Waals surface area contributed by atoms with Crippen molar-refractivity contribution in [1.29, 1.82) is 0 Å². The van der Waals surface area contributed by atoms with E-state index < -0.39 is 0 Å². The molecule has 0 saturated heterocycles. The normalized spacial score (nSPS) is 10.7. The van der Waals surface area contributed by atoms with E-state index in [4.69, 9.17) is 11.6 Å². The number of aromatic nitrogens is 2. The molecule has 0 fully saturated rings. The van der Waals surface area contributed by atoms with Crippen molar-refractivity contribution in [2.45, 2.75) is 26.9 Å². The van der Waals surface area contributed by atoms with Crippen LogP contribution in [0.5, 0.6) is 0 Å². The zero-order chi connectivity index (χ0) is 11.3. The summed E-state index contributed by atoms with van der Waals surface area (Å²) in [5.74, 6) is 0.406. The molecule has 1 amide bonds. The summed E-state index contributed by atoms with van der Waals surface area (Å²) in [7, 11) is 0. The van der Waals surface area contributed by atoms with Crippen molar-refractivity contribution in [3.05, 3.63) is 18.0 Å². The lowest BCUT2D eigenvalue weighted by Crippen LogP contribution is -2.23. The number of halogens is 1. The topological polar surface area (TPSA) is 46.9 Å². The Morgan fingerprint density at radius 3 is 3.00 bits per heavy atom. The van der Waals surface area contributed by atoms with Crippen LogP contribution in [0.4, 0.5) is 0 Å². The lowest BCUT2D eigenvalue weighted by molar-refractivity contribution is -0.118. The van der Waals surface area contributed by atoms with Gasteiger partial charge in [-0.15, -0.1) is 11.6 Å². The second-order valence-corrected chi connectivity index (χ2v) is 4.14. The molecule has 0 aliphatic carbocycles. The summed E-state index contributed by atoms with van der Waals surface area (Å²) in [5.41, 5.74) is 0.995. The molecule has 1 aromatic heterocycles. The van der Waals surface area contributed by atoms with Crippen molar-refractivity contribution >= 4 is 17.5 Å². The molecule has 5 heteroatoms. The first-order chi connectivity index (χ1) is 7.11. The first-order valence-corrected chi connectivity index (χ1v) is 5.49. The average molecular weight is 230 g/mol. The van der Waals surface area contributed by atoms with Gasteiger partial charge in [0.15, 0.2) is 0 Å². The molecule has 0 aliphatic heterocycles. The highest BCUT2D eigenvalue weighted by molar-refractivity contribution is 6.27. The third-order valence-corrected chi connectivity index (χ3v) is 2.09. The Balaban J connectivity index is 2.42. The average Bonchev–Trinajstić information content (AvgIpc) is 2.61. The standard InChI is InChI=1S/C10H16ClN3O/c1-8(2)6-14-7-9(5-13-14)4-12-10(15)3-11/h5,7-8H,3-4,6H2,1-2H3,(H,12,15). The summed E-state index contributed by atoms with van der Waals surface area (Å²) < 4.78 is 1.88. The predicted octanol–water partition coefficient (Wildman–Crippen LogP) is 1.39. The molecule has 0 radical (unpaired) electrons. The minimum Gasteiger partial charge on any atom is -0.351 e. The van der Waals surface area contributed by atoms with E-state index in [0.717, 1.165) is 12.1 Å². The summed E-state index contributed by atoms with van der Waals surface area (Å²) in [5, 5.41) is 6.88. The number of alkyl halides is 1. The predicted molar refractivity (Wildman–Crippen MR) is 59.6 cm³/mol. The highest BCUT2D eigenvalue weighted by Crippen LogP contribution is 2.01. The summed E-state index contributed by atoms with van der Waals surface area (Å²) in [6.45, 7) is 5.65. The summed E-state index contributed by atoms with van der Waals surface area (Å²) in [6.07, 6.45) is 3.70. The number of nitrogens with zero attached hydrogens (tertiary/aromatic N) is 2. The Labute approximate surface area is 94.6 Å². The van der Waals surface area contributed by atoms with Crippen molar-refractivity contribution in [2.75, 3.05) is 5.88 Å². The first kappa shape index (κ1) is 12.0. The molecule has 84 valence electrons. The van der Waals surface area contributed by atoms with E-state index in [1.54, 1.807) is 6.20 Å². The van der Waals surface area contributed by atoms with Gasteiger partial charge in [0.05, 0.1) is 6.20 Å². The van der Waals surface area contributed by atoms with Gasteiger partial charge in [-0.05, 0) is 5.92 Å². The highest BCUT2D eigenvalue weighted by atomic mass is 35.5. The molecular formula is C10H16ClN3O. The van der Waals surface area contributed by atoms with Crippen molar-refractivity contribution in [2.24, 2.45) is 5.92 Å². The SMILES string of the molecule is CC(C)Cn1cc(CNC(=O)CCl)cn1. The number of hydrogen-bond donors (Lipinski definition) is 1. The maximum atomic E-state index is 10.9. The molecule has 4 nitrogen and oxygen atoms in total. The zero-order valence-electron chi connectivity index (χ0n) is 9.03. The van der Waals surface area contributed by atoms with E-state index in [1.165, 1.54) is 0 Å². The molecular weight excluding hydrogens is 214 g/mol. The number of carbonyl (C=O) groups excluding carboxylic acids is 1. The Hall–Kier alpha value is -1.03. The number of nitrogens with one attached hydrogen (secondary N) is 1. The smallest absolute Gasteiger partial charge is 0.235 e. The van der Waals surface area contributed by atoms with Gasteiger partial charge in [0.1, 0.15) is 5.88 Å². The molecule has 0 aromatic carbocycles. The van der Waals surface area contributed by atoms with Crippen molar-refractivity contribution < 1.29 is 4.79 Å². The number of hydrogen-bond acceptors (Lipinski definition) is 2. The van der Waals surface area contributed by atoms with Crippen LogP contribution in [0.3, 0.4) is 0 Å².